The van der Waals surface area contributed by atoms with Crippen molar-refractivity contribution in [1.29, 1.82) is 0 Å². The Morgan fingerprint density at radius 1 is 1.32 bits per heavy atom. The number of aromatic hydroxyl groups is 3. The Labute approximate surface area is 131 Å². The third-order valence-corrected chi connectivity index (χ3v) is 3.78. The number of hydrogen-bond donors (Lipinski definition) is 3. The van der Waals surface area contributed by atoms with Gasteiger partial charge in [-0.3, -0.25) is 4.99 Å². The number of hydrogen-bond acceptors (Lipinski definition) is 6. The monoisotopic (exact) mass is 319 g/mol. The van der Waals surface area contributed by atoms with Gasteiger partial charge in [0.25, 0.3) is 0 Å². The lowest BCUT2D eigenvalue weighted by atomic mass is 10.2. The van der Waals surface area contributed by atoms with Crippen LogP contribution in [-0.2, 0) is 0 Å². The second-order valence-electron chi connectivity index (χ2n) is 4.86. The van der Waals surface area contributed by atoms with E-state index in [1.54, 1.807) is 4.68 Å². The number of phenolic OH excluding ortho intramolecular Hbond substituents is 3. The number of nitrogens with zero attached hydrogens (tertiary/aromatic N) is 3. The van der Waals surface area contributed by atoms with Gasteiger partial charge >= 0.3 is 0 Å². The summed E-state index contributed by atoms with van der Waals surface area (Å²) in [6.07, 6.45) is 1.40. The molecule has 0 radical (unpaired) electrons. The van der Waals surface area contributed by atoms with E-state index in [1.807, 2.05) is 19.2 Å². The lowest BCUT2D eigenvalue weighted by Gasteiger charge is -2.03. The van der Waals surface area contributed by atoms with E-state index < -0.39 is 11.5 Å². The lowest BCUT2D eigenvalue weighted by Crippen LogP contribution is -2.13. The third-order valence-electron chi connectivity index (χ3n) is 2.81. The van der Waals surface area contributed by atoms with Crippen molar-refractivity contribution in [2.24, 2.45) is 10.1 Å². The molecular weight excluding hydrogens is 302 g/mol. The molecule has 0 aliphatic carbocycles. The fraction of sp³-hybridized carbons (Fsp3) is 0.200. The molecule has 1 aromatic carbocycles. The molecule has 6 nitrogen and oxygen atoms in total. The molecule has 116 valence electrons. The zero-order chi connectivity index (χ0) is 16.3. The van der Waals surface area contributed by atoms with Gasteiger partial charge in [0, 0.05) is 10.9 Å². The highest BCUT2D eigenvalue weighted by atomic mass is 32.1. The van der Waals surface area contributed by atoms with Gasteiger partial charge in [0.05, 0.1) is 18.5 Å². The van der Waals surface area contributed by atoms with Crippen molar-refractivity contribution in [3.63, 3.8) is 0 Å². The SMILES string of the molecule is C=C(C)CN=c1scc(C)n1N=Cc1ccc(O)c(O)c1O. The predicted molar refractivity (Wildman–Crippen MR) is 86.7 cm³/mol. The van der Waals surface area contributed by atoms with Gasteiger partial charge in [0.15, 0.2) is 11.5 Å². The zero-order valence-corrected chi connectivity index (χ0v) is 13.1. The van der Waals surface area contributed by atoms with Gasteiger partial charge < -0.3 is 15.3 Å². The molecule has 0 spiro atoms. The molecular formula is C15H17N3O3S. The first-order chi connectivity index (χ1) is 10.4. The Balaban J connectivity index is 2.39. The molecule has 7 heteroatoms. The predicted octanol–water partition coefficient (Wildman–Crippen LogP) is 2.33. The Kier molecular flexibility index (Phi) is 4.67. The smallest absolute Gasteiger partial charge is 0.206 e. The van der Waals surface area contributed by atoms with Crippen LogP contribution in [0.2, 0.25) is 0 Å². The van der Waals surface area contributed by atoms with E-state index in [-0.39, 0.29) is 5.75 Å². The van der Waals surface area contributed by atoms with Crippen molar-refractivity contribution >= 4 is 17.6 Å². The van der Waals surface area contributed by atoms with Gasteiger partial charge in [-0.15, -0.1) is 11.3 Å². The first-order valence-electron chi connectivity index (χ1n) is 6.50. The molecule has 0 aliphatic rings. The summed E-state index contributed by atoms with van der Waals surface area (Å²) in [6, 6.07) is 2.74. The number of thiazole rings is 1. The molecule has 0 aliphatic heterocycles. The summed E-state index contributed by atoms with van der Waals surface area (Å²) in [5.41, 5.74) is 2.13. The standard InChI is InChI=1S/C15H17N3O3S/c1-9(2)6-16-15-18(10(3)8-22-15)17-7-11-4-5-12(19)14(21)13(11)20/h4-5,7-8,19-21H,1,6H2,2-3H3. The lowest BCUT2D eigenvalue weighted by molar-refractivity contribution is 0.367. The molecule has 0 saturated carbocycles. The van der Waals surface area contributed by atoms with Crippen LogP contribution in [0.25, 0.3) is 0 Å². The van der Waals surface area contributed by atoms with Crippen LogP contribution < -0.4 is 4.80 Å². The summed E-state index contributed by atoms with van der Waals surface area (Å²) < 4.78 is 1.64. The fourth-order valence-electron chi connectivity index (χ4n) is 1.64. The van der Waals surface area contributed by atoms with Gasteiger partial charge in [-0.25, -0.2) is 4.68 Å². The van der Waals surface area contributed by atoms with Crippen LogP contribution in [0.15, 0.2) is 39.8 Å². The van der Waals surface area contributed by atoms with Gasteiger partial charge in [-0.2, -0.15) is 5.10 Å². The highest BCUT2D eigenvalue weighted by Crippen LogP contribution is 2.36. The van der Waals surface area contributed by atoms with Crippen molar-refractivity contribution < 1.29 is 15.3 Å². The normalized spacial score (nSPS) is 12.2. The van der Waals surface area contributed by atoms with Crippen molar-refractivity contribution in [3.05, 3.63) is 45.7 Å². The van der Waals surface area contributed by atoms with Gasteiger partial charge in [0.2, 0.25) is 10.6 Å². The van der Waals surface area contributed by atoms with Gasteiger partial charge in [0.1, 0.15) is 0 Å². The first-order valence-corrected chi connectivity index (χ1v) is 7.38. The van der Waals surface area contributed by atoms with E-state index in [0.29, 0.717) is 16.9 Å². The molecule has 0 saturated heterocycles. The number of rotatable bonds is 4. The quantitative estimate of drug-likeness (QED) is 0.459. The zero-order valence-electron chi connectivity index (χ0n) is 12.3. The highest BCUT2D eigenvalue weighted by Gasteiger charge is 2.09. The van der Waals surface area contributed by atoms with Crippen LogP contribution in [0, 0.1) is 6.92 Å². The molecule has 22 heavy (non-hydrogen) atoms. The maximum atomic E-state index is 9.78. The molecule has 0 unspecified atom stereocenters. The van der Waals surface area contributed by atoms with Crippen LogP contribution in [0.3, 0.4) is 0 Å². The summed E-state index contributed by atoms with van der Waals surface area (Å²) >= 11 is 1.45. The van der Waals surface area contributed by atoms with E-state index in [0.717, 1.165) is 11.3 Å². The molecule has 2 aromatic rings. The molecule has 1 heterocycles. The maximum Gasteiger partial charge on any atom is 0.206 e. The Morgan fingerprint density at radius 3 is 2.73 bits per heavy atom. The molecule has 1 aromatic heterocycles. The number of aryl methyl sites for hydroxylation is 1. The fourth-order valence-corrected chi connectivity index (χ4v) is 2.45. The maximum absolute atomic E-state index is 9.78. The van der Waals surface area contributed by atoms with Crippen molar-refractivity contribution in [3.8, 4) is 17.2 Å². The summed E-state index contributed by atoms with van der Waals surface area (Å²) in [4.78, 5) is 5.12. The summed E-state index contributed by atoms with van der Waals surface area (Å²) in [6.45, 7) is 8.11. The average molecular weight is 319 g/mol. The van der Waals surface area contributed by atoms with Gasteiger partial charge in [-0.05, 0) is 26.0 Å². The number of aromatic nitrogens is 1. The largest absolute Gasteiger partial charge is 0.504 e. The molecule has 0 fully saturated rings. The van der Waals surface area contributed by atoms with Crippen LogP contribution in [0.5, 0.6) is 17.2 Å². The van der Waals surface area contributed by atoms with E-state index >= 15 is 0 Å². The molecule has 0 amide bonds. The Bertz CT molecular complexity index is 803. The topological polar surface area (TPSA) is 90.3 Å². The summed E-state index contributed by atoms with van der Waals surface area (Å²) in [5.74, 6) is -1.37. The first kappa shape index (κ1) is 15.8. The van der Waals surface area contributed by atoms with E-state index in [1.165, 1.54) is 29.7 Å². The minimum Gasteiger partial charge on any atom is -0.504 e. The molecule has 3 N–H and O–H groups in total. The molecule has 0 bridgehead atoms. The van der Waals surface area contributed by atoms with Crippen LogP contribution >= 0.6 is 11.3 Å². The molecule has 0 atom stereocenters. The van der Waals surface area contributed by atoms with Crippen LogP contribution in [-0.4, -0.2) is 32.8 Å². The van der Waals surface area contributed by atoms with Gasteiger partial charge in [-0.1, -0.05) is 12.2 Å². The van der Waals surface area contributed by atoms with Crippen molar-refractivity contribution in [1.82, 2.24) is 4.68 Å². The minimum absolute atomic E-state index is 0.291. The summed E-state index contributed by atoms with van der Waals surface area (Å²) in [7, 11) is 0. The minimum atomic E-state index is -0.566. The Morgan fingerprint density at radius 2 is 2.05 bits per heavy atom. The third kappa shape index (κ3) is 3.37. The van der Waals surface area contributed by atoms with Crippen molar-refractivity contribution in [2.75, 3.05) is 6.54 Å². The number of benzene rings is 1. The summed E-state index contributed by atoms with van der Waals surface area (Å²) in [5, 5.41) is 34.8. The van der Waals surface area contributed by atoms with Crippen LogP contribution in [0.4, 0.5) is 0 Å². The van der Waals surface area contributed by atoms with Crippen molar-refractivity contribution in [2.45, 2.75) is 13.8 Å². The van der Waals surface area contributed by atoms with E-state index in [2.05, 4.69) is 16.7 Å². The second-order valence-corrected chi connectivity index (χ2v) is 5.70. The Hall–Kier alpha value is -2.54. The number of phenols is 3. The average Bonchev–Trinajstić information content (AvgIpc) is 2.82. The van der Waals surface area contributed by atoms with E-state index in [9.17, 15) is 15.3 Å². The molecule has 2 rings (SSSR count). The highest BCUT2D eigenvalue weighted by molar-refractivity contribution is 7.07. The van der Waals surface area contributed by atoms with E-state index in [4.69, 9.17) is 0 Å². The van der Waals surface area contributed by atoms with Crippen LogP contribution in [0.1, 0.15) is 18.2 Å². The second kappa shape index (κ2) is 6.48.